The van der Waals surface area contributed by atoms with Crippen molar-refractivity contribution < 1.29 is 9.59 Å². The van der Waals surface area contributed by atoms with Crippen molar-refractivity contribution in [3.8, 4) is 5.69 Å². The summed E-state index contributed by atoms with van der Waals surface area (Å²) in [4.78, 5) is 27.4. The van der Waals surface area contributed by atoms with E-state index in [2.05, 4.69) is 26.1 Å². The minimum Gasteiger partial charge on any atom is -0.327 e. The number of amides is 2. The first kappa shape index (κ1) is 25.2. The lowest BCUT2D eigenvalue weighted by Crippen LogP contribution is -2.41. The molecule has 0 radical (unpaired) electrons. The summed E-state index contributed by atoms with van der Waals surface area (Å²) in [5.41, 5.74) is 2.17. The Kier molecular flexibility index (Phi) is 7.94. The van der Waals surface area contributed by atoms with Crippen molar-refractivity contribution in [3.63, 3.8) is 0 Å². The van der Waals surface area contributed by atoms with E-state index in [4.69, 9.17) is 16.7 Å². The van der Waals surface area contributed by atoms with Crippen LogP contribution in [0.1, 0.15) is 45.9 Å². The fourth-order valence-corrected chi connectivity index (χ4v) is 3.54. The molecule has 1 aromatic heterocycles. The Morgan fingerprint density at radius 1 is 1.09 bits per heavy atom. The lowest BCUT2D eigenvalue weighted by Gasteiger charge is -2.25. The van der Waals surface area contributed by atoms with Crippen LogP contribution >= 0.6 is 11.6 Å². The van der Waals surface area contributed by atoms with Crippen molar-refractivity contribution in [2.45, 2.75) is 46.1 Å². The molecule has 6 nitrogen and oxygen atoms in total. The van der Waals surface area contributed by atoms with Gasteiger partial charge in [0.1, 0.15) is 12.4 Å². The Labute approximate surface area is 206 Å². The number of para-hydroxylation sites is 1. The summed E-state index contributed by atoms with van der Waals surface area (Å²) in [7, 11) is 0. The van der Waals surface area contributed by atoms with Crippen LogP contribution < -0.4 is 5.32 Å². The fraction of sp³-hybridized carbons (Fsp3) is 0.296. The molecular formula is C27H31ClN4O2. The monoisotopic (exact) mass is 478 g/mol. The van der Waals surface area contributed by atoms with Crippen molar-refractivity contribution in [2.24, 2.45) is 0 Å². The number of nitrogens with zero attached hydrogens (tertiary/aromatic N) is 3. The summed E-state index contributed by atoms with van der Waals surface area (Å²) in [5, 5.41) is 8.15. The van der Waals surface area contributed by atoms with Gasteiger partial charge in [-0.05, 0) is 37.6 Å². The van der Waals surface area contributed by atoms with Crippen LogP contribution in [0.5, 0.6) is 0 Å². The number of carbonyl (C=O) groups is 2. The van der Waals surface area contributed by atoms with Gasteiger partial charge in [-0.3, -0.25) is 9.59 Å². The van der Waals surface area contributed by atoms with Gasteiger partial charge in [0.05, 0.1) is 16.4 Å². The minimum absolute atomic E-state index is 0.0891. The van der Waals surface area contributed by atoms with E-state index in [1.54, 1.807) is 16.8 Å². The maximum atomic E-state index is 13.0. The van der Waals surface area contributed by atoms with Gasteiger partial charge in [-0.15, -0.1) is 0 Å². The molecule has 2 amide bonds. The third kappa shape index (κ3) is 6.35. The molecule has 0 aliphatic carbocycles. The Hall–Kier alpha value is -3.38. The molecule has 0 bridgehead atoms. The predicted octanol–water partition coefficient (Wildman–Crippen LogP) is 5.71. The zero-order valence-electron chi connectivity index (χ0n) is 20.2. The largest absolute Gasteiger partial charge is 0.327 e. The van der Waals surface area contributed by atoms with E-state index in [1.165, 1.54) is 11.0 Å². The molecule has 3 aromatic rings. The van der Waals surface area contributed by atoms with Gasteiger partial charge in [0.25, 0.3) is 0 Å². The maximum Gasteiger partial charge on any atom is 0.247 e. The van der Waals surface area contributed by atoms with Gasteiger partial charge in [-0.25, -0.2) is 4.68 Å². The van der Waals surface area contributed by atoms with Crippen LogP contribution in [0.2, 0.25) is 5.02 Å². The molecule has 34 heavy (non-hydrogen) atoms. The molecule has 0 unspecified atom stereocenters. The molecule has 0 aliphatic heterocycles. The van der Waals surface area contributed by atoms with Crippen molar-refractivity contribution in [2.75, 3.05) is 11.9 Å². The second kappa shape index (κ2) is 10.7. The first-order valence-electron chi connectivity index (χ1n) is 11.3. The number of carbonyl (C=O) groups excluding carboxylic acids is 2. The summed E-state index contributed by atoms with van der Waals surface area (Å²) in [5.74, 6) is -0.0492. The number of benzene rings is 2. The van der Waals surface area contributed by atoms with Gasteiger partial charge in [0.2, 0.25) is 11.8 Å². The number of nitrogens with one attached hydrogen (secondary N) is 1. The van der Waals surface area contributed by atoms with E-state index < -0.39 is 0 Å². The lowest BCUT2D eigenvalue weighted by atomic mass is 9.92. The summed E-state index contributed by atoms with van der Waals surface area (Å²) in [6.45, 7) is 9.83. The molecule has 3 rings (SSSR count). The molecule has 0 saturated carbocycles. The highest BCUT2D eigenvalue weighted by atomic mass is 35.5. The highest BCUT2D eigenvalue weighted by Gasteiger charge is 2.24. The van der Waals surface area contributed by atoms with Gasteiger partial charge in [-0.2, -0.15) is 5.10 Å². The molecule has 1 heterocycles. The molecular weight excluding hydrogens is 448 g/mol. The second-order valence-corrected chi connectivity index (χ2v) is 9.79. The number of rotatable bonds is 7. The molecule has 1 N–H and O–H groups in total. The number of aromatic nitrogens is 2. The Bertz CT molecular complexity index is 1180. The topological polar surface area (TPSA) is 67.2 Å². The number of hydrogen-bond donors (Lipinski definition) is 1. The van der Waals surface area contributed by atoms with E-state index >= 15 is 0 Å². The summed E-state index contributed by atoms with van der Waals surface area (Å²) >= 11 is 6.41. The summed E-state index contributed by atoms with van der Waals surface area (Å²) in [6.07, 6.45) is 3.24. The van der Waals surface area contributed by atoms with E-state index in [-0.39, 0.29) is 29.8 Å². The smallest absolute Gasteiger partial charge is 0.247 e. The molecule has 0 atom stereocenters. The molecule has 0 spiro atoms. The average molecular weight is 479 g/mol. The predicted molar refractivity (Wildman–Crippen MR) is 138 cm³/mol. The highest BCUT2D eigenvalue weighted by Crippen LogP contribution is 2.29. The Morgan fingerprint density at radius 3 is 2.35 bits per heavy atom. The van der Waals surface area contributed by atoms with Crippen molar-refractivity contribution in [3.05, 3.63) is 83.0 Å². The quantitative estimate of drug-likeness (QED) is 0.442. The zero-order chi connectivity index (χ0) is 24.9. The van der Waals surface area contributed by atoms with Crippen LogP contribution in [-0.4, -0.2) is 39.1 Å². The van der Waals surface area contributed by atoms with Crippen molar-refractivity contribution in [1.29, 1.82) is 0 Å². The molecule has 0 fully saturated rings. The van der Waals surface area contributed by atoms with Crippen LogP contribution in [0.3, 0.4) is 0 Å². The molecule has 178 valence electrons. The highest BCUT2D eigenvalue weighted by molar-refractivity contribution is 6.32. The van der Waals surface area contributed by atoms with Crippen molar-refractivity contribution >= 4 is 35.3 Å². The van der Waals surface area contributed by atoms with Gasteiger partial charge < -0.3 is 10.2 Å². The average Bonchev–Trinajstić information content (AvgIpc) is 3.20. The third-order valence-corrected chi connectivity index (χ3v) is 5.58. The number of anilines is 1. The Balaban J connectivity index is 1.82. The fourth-order valence-electron chi connectivity index (χ4n) is 3.32. The molecule has 2 aromatic carbocycles. The standard InChI is InChI=1S/C27H31ClN4O2/c1-19(2)31(26(34)16-15-20-11-7-6-8-12-20)18-25(33)29-24-17-23(27(3,4)5)30-32(24)22-14-10-9-13-21(22)28/h6-17,19H,18H2,1-5H3,(H,29,33)/b16-15+. The van der Waals surface area contributed by atoms with Crippen LogP contribution in [-0.2, 0) is 15.0 Å². The van der Waals surface area contributed by atoms with E-state index in [1.807, 2.05) is 68.4 Å². The third-order valence-electron chi connectivity index (χ3n) is 5.26. The molecule has 7 heteroatoms. The van der Waals surface area contributed by atoms with Gasteiger partial charge in [-0.1, -0.05) is 74.8 Å². The molecule has 0 aliphatic rings. The first-order chi connectivity index (χ1) is 16.1. The normalized spacial score (nSPS) is 11.7. The van der Waals surface area contributed by atoms with Gasteiger partial charge >= 0.3 is 0 Å². The molecule has 0 saturated heterocycles. The number of hydrogen-bond acceptors (Lipinski definition) is 3. The van der Waals surface area contributed by atoms with Crippen LogP contribution in [0.25, 0.3) is 11.8 Å². The van der Waals surface area contributed by atoms with Crippen LogP contribution in [0.15, 0.2) is 66.7 Å². The lowest BCUT2D eigenvalue weighted by molar-refractivity contribution is -0.132. The van der Waals surface area contributed by atoms with Gasteiger partial charge in [0, 0.05) is 23.6 Å². The van der Waals surface area contributed by atoms with Gasteiger partial charge in [0.15, 0.2) is 0 Å². The number of halogens is 1. The van der Waals surface area contributed by atoms with Crippen molar-refractivity contribution in [1.82, 2.24) is 14.7 Å². The Morgan fingerprint density at radius 2 is 1.74 bits per heavy atom. The minimum atomic E-state index is -0.316. The summed E-state index contributed by atoms with van der Waals surface area (Å²) in [6, 6.07) is 18.6. The van der Waals surface area contributed by atoms with E-state index in [9.17, 15) is 9.59 Å². The first-order valence-corrected chi connectivity index (χ1v) is 11.6. The van der Waals surface area contributed by atoms with Crippen LogP contribution in [0.4, 0.5) is 5.82 Å². The maximum absolute atomic E-state index is 13.0. The second-order valence-electron chi connectivity index (χ2n) is 9.38. The van der Waals surface area contributed by atoms with E-state index in [0.717, 1.165) is 11.3 Å². The SMILES string of the molecule is CC(C)N(CC(=O)Nc1cc(C(C)(C)C)nn1-c1ccccc1Cl)C(=O)/C=C/c1ccccc1. The zero-order valence-corrected chi connectivity index (χ0v) is 21.0. The van der Waals surface area contributed by atoms with Crippen LogP contribution in [0, 0.1) is 0 Å². The summed E-state index contributed by atoms with van der Waals surface area (Å²) < 4.78 is 1.64. The van der Waals surface area contributed by atoms with E-state index in [0.29, 0.717) is 16.5 Å².